The Hall–Kier alpha value is -1.69. The predicted octanol–water partition coefficient (Wildman–Crippen LogP) is 0.596. The molecular formula is C11H13FN2O3. The average molecular weight is 240 g/mol. The molecule has 92 valence electrons. The van der Waals surface area contributed by atoms with Gasteiger partial charge >= 0.3 is 0 Å². The summed E-state index contributed by atoms with van der Waals surface area (Å²) in [6.45, 7) is 0.472. The first-order valence-corrected chi connectivity index (χ1v) is 5.36. The van der Waals surface area contributed by atoms with Crippen LogP contribution in [0.5, 0.6) is 0 Å². The first-order valence-electron chi connectivity index (χ1n) is 5.36. The minimum Gasteiger partial charge on any atom is -0.315 e. The Labute approximate surface area is 97.2 Å². The van der Waals surface area contributed by atoms with Gasteiger partial charge in [-0.1, -0.05) is 0 Å². The first-order chi connectivity index (χ1) is 8.08. The van der Waals surface area contributed by atoms with Gasteiger partial charge in [-0.25, -0.2) is 9.87 Å². The normalized spacial score (nSPS) is 14.7. The highest BCUT2D eigenvalue weighted by Gasteiger charge is 2.22. The van der Waals surface area contributed by atoms with Crippen LogP contribution in [0.4, 0.5) is 4.39 Å². The van der Waals surface area contributed by atoms with Crippen molar-refractivity contribution in [3.63, 3.8) is 0 Å². The number of nitrogens with one attached hydrogen (secondary N) is 1. The molecule has 2 rings (SSSR count). The van der Waals surface area contributed by atoms with Crippen molar-refractivity contribution in [3.8, 4) is 0 Å². The van der Waals surface area contributed by atoms with Gasteiger partial charge in [0.25, 0.3) is 11.5 Å². The molecule has 0 atom stereocenters. The summed E-state index contributed by atoms with van der Waals surface area (Å²) >= 11 is 0. The lowest BCUT2D eigenvalue weighted by Crippen LogP contribution is -2.28. The topological polar surface area (TPSA) is 60.3 Å². The van der Waals surface area contributed by atoms with Crippen molar-refractivity contribution >= 4 is 5.91 Å². The zero-order valence-corrected chi connectivity index (χ0v) is 9.40. The van der Waals surface area contributed by atoms with Gasteiger partial charge in [-0.3, -0.25) is 14.4 Å². The largest absolute Gasteiger partial charge is 0.315 e. The Balaban J connectivity index is 2.00. The van der Waals surface area contributed by atoms with Crippen LogP contribution in [0.25, 0.3) is 0 Å². The molecule has 1 aliphatic rings. The zero-order valence-electron chi connectivity index (χ0n) is 9.40. The van der Waals surface area contributed by atoms with E-state index in [-0.39, 0.29) is 5.56 Å². The van der Waals surface area contributed by atoms with Crippen LogP contribution in [0.1, 0.15) is 23.2 Å². The number of amides is 1. The fourth-order valence-electron chi connectivity index (χ4n) is 1.36. The maximum Gasteiger partial charge on any atom is 0.286 e. The molecule has 6 heteroatoms. The lowest BCUT2D eigenvalue weighted by molar-refractivity contribution is 0.0269. The number of hydrogen-bond acceptors (Lipinski definition) is 3. The zero-order chi connectivity index (χ0) is 12.4. The molecule has 17 heavy (non-hydrogen) atoms. The summed E-state index contributed by atoms with van der Waals surface area (Å²) in [6, 6.07) is 0.901. The van der Waals surface area contributed by atoms with Crippen molar-refractivity contribution in [1.29, 1.82) is 0 Å². The van der Waals surface area contributed by atoms with Crippen LogP contribution in [0, 0.1) is 11.7 Å². The first kappa shape index (κ1) is 11.8. The third-order valence-corrected chi connectivity index (χ3v) is 2.58. The van der Waals surface area contributed by atoms with Gasteiger partial charge < -0.3 is 4.57 Å². The van der Waals surface area contributed by atoms with Gasteiger partial charge in [-0.15, -0.1) is 0 Å². The van der Waals surface area contributed by atoms with Crippen LogP contribution in [0.2, 0.25) is 0 Å². The van der Waals surface area contributed by atoms with Crippen LogP contribution < -0.4 is 11.0 Å². The molecule has 1 heterocycles. The Bertz CT molecular complexity index is 468. The van der Waals surface area contributed by atoms with E-state index in [0.717, 1.165) is 23.5 Å². The van der Waals surface area contributed by atoms with Gasteiger partial charge in [0.15, 0.2) is 5.82 Å². The monoisotopic (exact) mass is 240 g/mol. The molecule has 0 spiro atoms. The van der Waals surface area contributed by atoms with Crippen LogP contribution in [-0.2, 0) is 11.9 Å². The number of pyridine rings is 1. The molecule has 0 radical (unpaired) electrons. The number of rotatable bonds is 4. The Kier molecular flexibility index (Phi) is 3.23. The van der Waals surface area contributed by atoms with Gasteiger partial charge in [0.2, 0.25) is 0 Å². The molecule has 1 aromatic heterocycles. The van der Waals surface area contributed by atoms with E-state index in [2.05, 4.69) is 5.48 Å². The summed E-state index contributed by atoms with van der Waals surface area (Å²) in [4.78, 5) is 27.6. The fourth-order valence-corrected chi connectivity index (χ4v) is 1.36. The minimum atomic E-state index is -0.956. The molecule has 1 N–H and O–H groups in total. The second-order valence-electron chi connectivity index (χ2n) is 4.18. The Morgan fingerprint density at radius 2 is 2.35 bits per heavy atom. The van der Waals surface area contributed by atoms with Crippen LogP contribution in [-0.4, -0.2) is 17.1 Å². The van der Waals surface area contributed by atoms with Crippen molar-refractivity contribution in [1.82, 2.24) is 10.0 Å². The van der Waals surface area contributed by atoms with Gasteiger partial charge in [-0.05, 0) is 24.8 Å². The number of hydroxylamine groups is 1. The lowest BCUT2D eigenvalue weighted by Gasteiger charge is -2.06. The van der Waals surface area contributed by atoms with Crippen molar-refractivity contribution < 1.29 is 14.0 Å². The standard InChI is InChI=1S/C11H13FN2O3/c1-14-5-8(4-9(12)11(14)16)10(15)13-17-6-7-2-3-7/h4-5,7H,2-3,6H2,1H3,(H,13,15). The molecule has 1 aliphatic carbocycles. The van der Waals surface area contributed by atoms with E-state index < -0.39 is 17.3 Å². The molecule has 1 amide bonds. The van der Waals surface area contributed by atoms with Gasteiger partial charge in [-0.2, -0.15) is 0 Å². The molecule has 0 aromatic carbocycles. The maximum absolute atomic E-state index is 13.1. The van der Waals surface area contributed by atoms with Crippen LogP contribution in [0.15, 0.2) is 17.1 Å². The number of aryl methyl sites for hydroxylation is 1. The summed E-state index contributed by atoms with van der Waals surface area (Å²) in [5.74, 6) is -0.991. The predicted molar refractivity (Wildman–Crippen MR) is 57.8 cm³/mol. The van der Waals surface area contributed by atoms with E-state index in [1.54, 1.807) is 0 Å². The summed E-state index contributed by atoms with van der Waals surface area (Å²) in [5, 5.41) is 0. The molecular weight excluding hydrogens is 227 g/mol. The van der Waals surface area contributed by atoms with Crippen molar-refractivity contribution in [2.75, 3.05) is 6.61 Å². The summed E-state index contributed by atoms with van der Waals surface area (Å²) < 4.78 is 14.1. The van der Waals surface area contributed by atoms with E-state index in [0.29, 0.717) is 12.5 Å². The van der Waals surface area contributed by atoms with Crippen molar-refractivity contribution in [2.24, 2.45) is 13.0 Å². The summed E-state index contributed by atoms with van der Waals surface area (Å²) in [6.07, 6.45) is 3.50. The fraction of sp³-hybridized carbons (Fsp3) is 0.455. The second kappa shape index (κ2) is 4.67. The molecule has 1 fully saturated rings. The van der Waals surface area contributed by atoms with E-state index in [9.17, 15) is 14.0 Å². The Morgan fingerprint density at radius 3 is 2.94 bits per heavy atom. The van der Waals surface area contributed by atoms with E-state index in [1.807, 2.05) is 0 Å². The number of halogens is 1. The van der Waals surface area contributed by atoms with Gasteiger partial charge in [0.1, 0.15) is 0 Å². The van der Waals surface area contributed by atoms with E-state index in [4.69, 9.17) is 4.84 Å². The third-order valence-electron chi connectivity index (χ3n) is 2.58. The number of aromatic nitrogens is 1. The van der Waals surface area contributed by atoms with E-state index in [1.165, 1.54) is 13.2 Å². The number of carbonyl (C=O) groups is 1. The second-order valence-corrected chi connectivity index (χ2v) is 4.18. The quantitative estimate of drug-likeness (QED) is 0.784. The molecule has 1 saturated carbocycles. The highest BCUT2D eigenvalue weighted by molar-refractivity contribution is 5.93. The highest BCUT2D eigenvalue weighted by Crippen LogP contribution is 2.28. The molecule has 1 aromatic rings. The summed E-state index contributed by atoms with van der Waals surface area (Å²) in [5.41, 5.74) is 1.52. The smallest absolute Gasteiger partial charge is 0.286 e. The molecule has 0 unspecified atom stereocenters. The molecule has 0 bridgehead atoms. The molecule has 5 nitrogen and oxygen atoms in total. The lowest BCUT2D eigenvalue weighted by atomic mass is 10.2. The maximum atomic E-state index is 13.1. The van der Waals surface area contributed by atoms with Crippen molar-refractivity contribution in [3.05, 3.63) is 34.0 Å². The number of nitrogens with zero attached hydrogens (tertiary/aromatic N) is 1. The molecule has 0 aliphatic heterocycles. The summed E-state index contributed by atoms with van der Waals surface area (Å²) in [7, 11) is 1.38. The molecule has 0 saturated heterocycles. The van der Waals surface area contributed by atoms with Crippen LogP contribution >= 0.6 is 0 Å². The average Bonchev–Trinajstić information content (AvgIpc) is 3.09. The minimum absolute atomic E-state index is 0.0559. The van der Waals surface area contributed by atoms with Crippen LogP contribution in [0.3, 0.4) is 0 Å². The van der Waals surface area contributed by atoms with Crippen molar-refractivity contribution in [2.45, 2.75) is 12.8 Å². The SMILES string of the molecule is Cn1cc(C(=O)NOCC2CC2)cc(F)c1=O. The number of hydrogen-bond donors (Lipinski definition) is 1. The van der Waals surface area contributed by atoms with E-state index >= 15 is 0 Å². The van der Waals surface area contributed by atoms with Gasteiger partial charge in [0, 0.05) is 13.2 Å². The Morgan fingerprint density at radius 1 is 1.65 bits per heavy atom. The number of carbonyl (C=O) groups excluding carboxylic acids is 1. The van der Waals surface area contributed by atoms with Gasteiger partial charge in [0.05, 0.1) is 12.2 Å². The third kappa shape index (κ3) is 2.91. The highest BCUT2D eigenvalue weighted by atomic mass is 19.1.